The standard InChI is InChI=1S/C17H25N3O2/c1-22-17-15(4-2-8-18-17)12-20-9-3-5-14(11-20)16(21)19-10-13-6-7-13/h2,4,8,13-14H,3,5-7,9-12H2,1H3,(H,19,21). The van der Waals surface area contributed by atoms with Crippen molar-refractivity contribution in [2.45, 2.75) is 32.2 Å². The van der Waals surface area contributed by atoms with Crippen LogP contribution in [-0.2, 0) is 11.3 Å². The van der Waals surface area contributed by atoms with E-state index in [0.717, 1.165) is 50.5 Å². The summed E-state index contributed by atoms with van der Waals surface area (Å²) in [5.41, 5.74) is 1.09. The van der Waals surface area contributed by atoms with Gasteiger partial charge in [-0.1, -0.05) is 6.07 Å². The molecule has 2 aliphatic rings. The van der Waals surface area contributed by atoms with Gasteiger partial charge < -0.3 is 10.1 Å². The molecule has 1 saturated carbocycles. The van der Waals surface area contributed by atoms with Crippen LogP contribution in [0, 0.1) is 11.8 Å². The quantitative estimate of drug-likeness (QED) is 0.871. The highest BCUT2D eigenvalue weighted by Gasteiger charge is 2.28. The molecule has 0 radical (unpaired) electrons. The van der Waals surface area contributed by atoms with E-state index in [1.54, 1.807) is 13.3 Å². The molecule has 3 rings (SSSR count). The number of amides is 1. The average Bonchev–Trinajstić information content (AvgIpc) is 3.38. The van der Waals surface area contributed by atoms with Gasteiger partial charge >= 0.3 is 0 Å². The number of ether oxygens (including phenoxy) is 1. The van der Waals surface area contributed by atoms with Crippen molar-refractivity contribution in [1.82, 2.24) is 15.2 Å². The second-order valence-electron chi connectivity index (χ2n) is 6.43. The molecule has 0 spiro atoms. The molecule has 1 aromatic heterocycles. The molecule has 1 N–H and O–H groups in total. The first-order valence-corrected chi connectivity index (χ1v) is 8.24. The van der Waals surface area contributed by atoms with Crippen molar-refractivity contribution in [1.29, 1.82) is 0 Å². The van der Waals surface area contributed by atoms with Crippen molar-refractivity contribution in [2.24, 2.45) is 11.8 Å². The second kappa shape index (κ2) is 7.09. The zero-order chi connectivity index (χ0) is 15.4. The zero-order valence-corrected chi connectivity index (χ0v) is 13.3. The Kier molecular flexibility index (Phi) is 4.93. The van der Waals surface area contributed by atoms with Crippen molar-refractivity contribution in [3.8, 4) is 5.88 Å². The third-order valence-electron chi connectivity index (χ3n) is 4.58. The van der Waals surface area contributed by atoms with Crippen LogP contribution >= 0.6 is 0 Å². The molecule has 1 amide bonds. The van der Waals surface area contributed by atoms with E-state index in [1.807, 2.05) is 12.1 Å². The fourth-order valence-corrected chi connectivity index (χ4v) is 3.09. The number of carbonyl (C=O) groups excluding carboxylic acids is 1. The largest absolute Gasteiger partial charge is 0.481 e. The third-order valence-corrected chi connectivity index (χ3v) is 4.58. The fourth-order valence-electron chi connectivity index (χ4n) is 3.09. The Morgan fingerprint density at radius 1 is 1.45 bits per heavy atom. The first-order valence-electron chi connectivity index (χ1n) is 8.24. The van der Waals surface area contributed by atoms with Crippen molar-refractivity contribution in [2.75, 3.05) is 26.7 Å². The normalized spacial score (nSPS) is 22.3. The Bertz CT molecular complexity index is 516. The number of hydrogen-bond acceptors (Lipinski definition) is 4. The molecule has 5 heteroatoms. The van der Waals surface area contributed by atoms with Gasteiger partial charge in [0.05, 0.1) is 13.0 Å². The summed E-state index contributed by atoms with van der Waals surface area (Å²) in [6.45, 7) is 3.52. The Balaban J connectivity index is 1.54. The minimum Gasteiger partial charge on any atom is -0.481 e. The molecule has 120 valence electrons. The second-order valence-corrected chi connectivity index (χ2v) is 6.43. The van der Waals surface area contributed by atoms with Gasteiger partial charge in [0.15, 0.2) is 0 Å². The summed E-state index contributed by atoms with van der Waals surface area (Å²) in [7, 11) is 1.65. The van der Waals surface area contributed by atoms with Gasteiger partial charge in [0.25, 0.3) is 0 Å². The van der Waals surface area contributed by atoms with Crippen molar-refractivity contribution in [3.63, 3.8) is 0 Å². The van der Waals surface area contributed by atoms with Gasteiger partial charge in [0.1, 0.15) is 0 Å². The van der Waals surface area contributed by atoms with Crippen LogP contribution in [0.5, 0.6) is 5.88 Å². The zero-order valence-electron chi connectivity index (χ0n) is 13.3. The summed E-state index contributed by atoms with van der Waals surface area (Å²) in [6, 6.07) is 3.98. The molecule has 1 unspecified atom stereocenters. The third kappa shape index (κ3) is 3.97. The number of likely N-dealkylation sites (tertiary alicyclic amines) is 1. The molecular formula is C17H25N3O2. The summed E-state index contributed by atoms with van der Waals surface area (Å²) < 4.78 is 5.32. The van der Waals surface area contributed by atoms with Crippen LogP contribution < -0.4 is 10.1 Å². The molecule has 5 nitrogen and oxygen atoms in total. The van der Waals surface area contributed by atoms with Crippen LogP contribution in [0.2, 0.25) is 0 Å². The Labute approximate surface area is 132 Å². The topological polar surface area (TPSA) is 54.5 Å². The Morgan fingerprint density at radius 2 is 2.32 bits per heavy atom. The fraction of sp³-hybridized carbons (Fsp3) is 0.647. The number of hydrogen-bond donors (Lipinski definition) is 1. The molecule has 1 atom stereocenters. The monoisotopic (exact) mass is 303 g/mol. The summed E-state index contributed by atoms with van der Waals surface area (Å²) in [6.07, 6.45) is 6.36. The minimum atomic E-state index is 0.121. The van der Waals surface area contributed by atoms with E-state index in [-0.39, 0.29) is 11.8 Å². The van der Waals surface area contributed by atoms with E-state index >= 15 is 0 Å². The number of aromatic nitrogens is 1. The van der Waals surface area contributed by atoms with Gasteiger partial charge in [-0.25, -0.2) is 4.98 Å². The lowest BCUT2D eigenvalue weighted by Crippen LogP contribution is -2.43. The number of nitrogens with one attached hydrogen (secondary N) is 1. The number of pyridine rings is 1. The maximum Gasteiger partial charge on any atom is 0.224 e. The predicted molar refractivity (Wildman–Crippen MR) is 84.5 cm³/mol. The average molecular weight is 303 g/mol. The Hall–Kier alpha value is -1.62. The molecule has 1 aliphatic heterocycles. The van der Waals surface area contributed by atoms with Crippen LogP contribution in [0.4, 0.5) is 0 Å². The molecule has 2 fully saturated rings. The smallest absolute Gasteiger partial charge is 0.224 e. The first kappa shape index (κ1) is 15.3. The van der Waals surface area contributed by atoms with Gasteiger partial charge in [-0.2, -0.15) is 0 Å². The van der Waals surface area contributed by atoms with Crippen LogP contribution in [0.25, 0.3) is 0 Å². The summed E-state index contributed by atoms with van der Waals surface area (Å²) in [4.78, 5) is 18.9. The molecule has 2 heterocycles. The number of carbonyl (C=O) groups is 1. The highest BCUT2D eigenvalue weighted by atomic mass is 16.5. The van der Waals surface area contributed by atoms with Gasteiger partial charge in [-0.05, 0) is 44.2 Å². The van der Waals surface area contributed by atoms with Crippen LogP contribution in [0.15, 0.2) is 18.3 Å². The van der Waals surface area contributed by atoms with E-state index in [4.69, 9.17) is 4.74 Å². The number of rotatable bonds is 6. The van der Waals surface area contributed by atoms with Crippen molar-refractivity contribution in [3.05, 3.63) is 23.9 Å². The summed E-state index contributed by atoms with van der Waals surface area (Å²) >= 11 is 0. The summed E-state index contributed by atoms with van der Waals surface area (Å²) in [5, 5.41) is 3.12. The maximum atomic E-state index is 12.3. The van der Waals surface area contributed by atoms with E-state index in [1.165, 1.54) is 12.8 Å². The van der Waals surface area contributed by atoms with Gasteiger partial charge in [-0.15, -0.1) is 0 Å². The van der Waals surface area contributed by atoms with Gasteiger partial charge in [0, 0.05) is 31.4 Å². The number of piperidine rings is 1. The first-order chi connectivity index (χ1) is 10.8. The highest BCUT2D eigenvalue weighted by Crippen LogP contribution is 2.28. The molecule has 1 aromatic rings. The van der Waals surface area contributed by atoms with Crippen molar-refractivity contribution >= 4 is 5.91 Å². The molecular weight excluding hydrogens is 278 g/mol. The molecule has 0 aromatic carbocycles. The Morgan fingerprint density at radius 3 is 3.09 bits per heavy atom. The number of nitrogens with zero attached hydrogens (tertiary/aromatic N) is 2. The molecule has 1 saturated heterocycles. The van der Waals surface area contributed by atoms with E-state index in [9.17, 15) is 4.79 Å². The SMILES string of the molecule is COc1ncccc1CN1CCCC(C(=O)NCC2CC2)C1. The predicted octanol–water partition coefficient (Wildman–Crippen LogP) is 1.83. The van der Waals surface area contributed by atoms with E-state index in [2.05, 4.69) is 15.2 Å². The molecule has 1 aliphatic carbocycles. The highest BCUT2D eigenvalue weighted by molar-refractivity contribution is 5.79. The summed E-state index contributed by atoms with van der Waals surface area (Å²) in [5.74, 6) is 1.77. The maximum absolute atomic E-state index is 12.3. The van der Waals surface area contributed by atoms with Crippen LogP contribution in [0.1, 0.15) is 31.2 Å². The molecule has 0 bridgehead atoms. The number of methoxy groups -OCH3 is 1. The minimum absolute atomic E-state index is 0.121. The van der Waals surface area contributed by atoms with Gasteiger partial charge in [0.2, 0.25) is 11.8 Å². The van der Waals surface area contributed by atoms with E-state index in [0.29, 0.717) is 5.88 Å². The lowest BCUT2D eigenvalue weighted by Gasteiger charge is -2.32. The van der Waals surface area contributed by atoms with Crippen LogP contribution in [-0.4, -0.2) is 42.5 Å². The van der Waals surface area contributed by atoms with Gasteiger partial charge in [-0.3, -0.25) is 9.69 Å². The van der Waals surface area contributed by atoms with Crippen molar-refractivity contribution < 1.29 is 9.53 Å². The van der Waals surface area contributed by atoms with E-state index < -0.39 is 0 Å². The molecule has 22 heavy (non-hydrogen) atoms. The lowest BCUT2D eigenvalue weighted by molar-refractivity contribution is -0.126. The lowest BCUT2D eigenvalue weighted by atomic mass is 9.96. The van der Waals surface area contributed by atoms with Crippen LogP contribution in [0.3, 0.4) is 0 Å².